The highest BCUT2D eigenvalue weighted by molar-refractivity contribution is 7.98. The van der Waals surface area contributed by atoms with Crippen LogP contribution in [0.5, 0.6) is 0 Å². The SMILES string of the molecule is CN=C(NCCCn1cccn1)NCC(SC)c1cccc(Cl)c1. The van der Waals surface area contributed by atoms with Crippen molar-refractivity contribution < 1.29 is 0 Å². The summed E-state index contributed by atoms with van der Waals surface area (Å²) in [5.41, 5.74) is 1.22. The number of nitrogens with one attached hydrogen (secondary N) is 2. The van der Waals surface area contributed by atoms with E-state index in [9.17, 15) is 0 Å². The van der Waals surface area contributed by atoms with E-state index in [1.165, 1.54) is 5.56 Å². The first-order valence-electron chi connectivity index (χ1n) is 7.93. The Morgan fingerprint density at radius 1 is 1.38 bits per heavy atom. The average Bonchev–Trinajstić information content (AvgIpc) is 3.10. The summed E-state index contributed by atoms with van der Waals surface area (Å²) in [5.74, 6) is 0.816. The van der Waals surface area contributed by atoms with Crippen molar-refractivity contribution in [3.8, 4) is 0 Å². The molecule has 7 heteroatoms. The van der Waals surface area contributed by atoms with Crippen LogP contribution >= 0.6 is 23.4 Å². The summed E-state index contributed by atoms with van der Waals surface area (Å²) in [7, 11) is 1.79. The summed E-state index contributed by atoms with van der Waals surface area (Å²) in [4.78, 5) is 4.28. The quantitative estimate of drug-likeness (QED) is 0.428. The molecule has 2 N–H and O–H groups in total. The summed E-state index contributed by atoms with van der Waals surface area (Å²) in [6, 6.07) is 9.95. The number of nitrogens with zero attached hydrogens (tertiary/aromatic N) is 3. The monoisotopic (exact) mass is 365 g/mol. The smallest absolute Gasteiger partial charge is 0.191 e. The number of halogens is 1. The van der Waals surface area contributed by atoms with Gasteiger partial charge in [-0.3, -0.25) is 9.67 Å². The normalized spacial score (nSPS) is 12.9. The molecule has 0 amide bonds. The molecule has 1 aromatic heterocycles. The summed E-state index contributed by atoms with van der Waals surface area (Å²) in [5, 5.41) is 12.0. The molecule has 2 rings (SSSR count). The lowest BCUT2D eigenvalue weighted by Crippen LogP contribution is -2.39. The second kappa shape index (κ2) is 10.3. The molecule has 0 aliphatic carbocycles. The van der Waals surface area contributed by atoms with Crippen LogP contribution in [0.15, 0.2) is 47.7 Å². The fourth-order valence-electron chi connectivity index (χ4n) is 2.33. The predicted octanol–water partition coefficient (Wildman–Crippen LogP) is 3.20. The Balaban J connectivity index is 1.75. The zero-order valence-corrected chi connectivity index (χ0v) is 15.6. The zero-order valence-electron chi connectivity index (χ0n) is 14.1. The first-order chi connectivity index (χ1) is 11.7. The third kappa shape index (κ3) is 6.09. The van der Waals surface area contributed by atoms with Gasteiger partial charge in [-0.2, -0.15) is 16.9 Å². The highest BCUT2D eigenvalue weighted by Crippen LogP contribution is 2.27. The van der Waals surface area contributed by atoms with Gasteiger partial charge in [0.05, 0.1) is 0 Å². The number of aliphatic imine (C=N–C) groups is 1. The van der Waals surface area contributed by atoms with Crippen LogP contribution in [0.1, 0.15) is 17.2 Å². The minimum atomic E-state index is 0.325. The standard InChI is InChI=1S/C17H24ClN5S/c1-19-17(20-8-4-10-23-11-5-9-22-23)21-13-16(24-2)14-6-3-7-15(18)12-14/h3,5-7,9,11-12,16H,4,8,10,13H2,1-2H3,(H2,19,20,21). The van der Waals surface area contributed by atoms with Gasteiger partial charge >= 0.3 is 0 Å². The molecule has 1 heterocycles. The third-order valence-corrected chi connectivity index (χ3v) is 4.84. The number of thioether (sulfide) groups is 1. The van der Waals surface area contributed by atoms with E-state index in [1.807, 2.05) is 35.1 Å². The second-order valence-corrected chi connectivity index (χ2v) is 6.76. The van der Waals surface area contributed by atoms with Crippen LogP contribution < -0.4 is 10.6 Å². The number of guanidine groups is 1. The van der Waals surface area contributed by atoms with E-state index < -0.39 is 0 Å². The van der Waals surface area contributed by atoms with Gasteiger partial charge in [-0.05, 0) is 36.4 Å². The second-order valence-electron chi connectivity index (χ2n) is 5.28. The molecule has 0 spiro atoms. The van der Waals surface area contributed by atoms with E-state index >= 15 is 0 Å². The Kier molecular flexibility index (Phi) is 7.98. The fraction of sp³-hybridized carbons (Fsp3) is 0.412. The Morgan fingerprint density at radius 3 is 2.92 bits per heavy atom. The van der Waals surface area contributed by atoms with Crippen molar-refractivity contribution in [1.82, 2.24) is 20.4 Å². The molecule has 0 radical (unpaired) electrons. The van der Waals surface area contributed by atoms with Gasteiger partial charge in [0.15, 0.2) is 5.96 Å². The van der Waals surface area contributed by atoms with Crippen LogP contribution in [-0.4, -0.2) is 42.1 Å². The van der Waals surface area contributed by atoms with E-state index in [4.69, 9.17) is 11.6 Å². The lowest BCUT2D eigenvalue weighted by molar-refractivity contribution is 0.570. The molecule has 0 fully saturated rings. The van der Waals surface area contributed by atoms with Crippen LogP contribution in [-0.2, 0) is 6.54 Å². The molecule has 0 saturated heterocycles. The lowest BCUT2D eigenvalue weighted by Gasteiger charge is -2.18. The average molecular weight is 366 g/mol. The summed E-state index contributed by atoms with van der Waals surface area (Å²) >= 11 is 7.89. The molecular formula is C17H24ClN5S. The van der Waals surface area contributed by atoms with Crippen LogP contribution in [0.4, 0.5) is 0 Å². The van der Waals surface area contributed by atoms with Crippen LogP contribution in [0.3, 0.4) is 0 Å². The topological polar surface area (TPSA) is 54.2 Å². The van der Waals surface area contributed by atoms with E-state index in [0.717, 1.165) is 37.0 Å². The molecule has 1 atom stereocenters. The molecule has 24 heavy (non-hydrogen) atoms. The maximum Gasteiger partial charge on any atom is 0.191 e. The van der Waals surface area contributed by atoms with Gasteiger partial charge in [0.25, 0.3) is 0 Å². The van der Waals surface area contributed by atoms with Crippen molar-refractivity contribution in [2.45, 2.75) is 18.2 Å². The first-order valence-corrected chi connectivity index (χ1v) is 9.59. The van der Waals surface area contributed by atoms with E-state index in [0.29, 0.717) is 5.25 Å². The highest BCUT2D eigenvalue weighted by atomic mass is 35.5. The van der Waals surface area contributed by atoms with Crippen LogP contribution in [0.25, 0.3) is 0 Å². The largest absolute Gasteiger partial charge is 0.356 e. The van der Waals surface area contributed by atoms with E-state index in [1.54, 1.807) is 25.0 Å². The lowest BCUT2D eigenvalue weighted by atomic mass is 10.1. The molecule has 0 saturated carbocycles. The van der Waals surface area contributed by atoms with Gasteiger partial charge in [0.2, 0.25) is 0 Å². The Bertz CT molecular complexity index is 630. The predicted molar refractivity (Wildman–Crippen MR) is 104 cm³/mol. The molecule has 2 aromatic rings. The fourth-order valence-corrected chi connectivity index (χ4v) is 3.20. The molecular weight excluding hydrogens is 342 g/mol. The van der Waals surface area contributed by atoms with Gasteiger partial charge < -0.3 is 10.6 Å². The summed E-state index contributed by atoms with van der Waals surface area (Å²) in [6.07, 6.45) is 6.86. The number of benzene rings is 1. The molecule has 0 aliphatic rings. The highest BCUT2D eigenvalue weighted by Gasteiger charge is 2.11. The number of rotatable bonds is 8. The van der Waals surface area contributed by atoms with Gasteiger partial charge in [-0.15, -0.1) is 0 Å². The summed E-state index contributed by atoms with van der Waals surface area (Å²) < 4.78 is 1.93. The molecule has 0 aliphatic heterocycles. The van der Waals surface area contributed by atoms with Crippen LogP contribution in [0, 0.1) is 0 Å². The third-order valence-electron chi connectivity index (χ3n) is 3.60. The minimum Gasteiger partial charge on any atom is -0.356 e. The van der Waals surface area contributed by atoms with Gasteiger partial charge in [-0.25, -0.2) is 0 Å². The van der Waals surface area contributed by atoms with Crippen molar-refractivity contribution in [2.24, 2.45) is 4.99 Å². The van der Waals surface area contributed by atoms with Crippen molar-refractivity contribution >= 4 is 29.3 Å². The number of aryl methyl sites for hydroxylation is 1. The zero-order chi connectivity index (χ0) is 17.2. The van der Waals surface area contributed by atoms with Crippen molar-refractivity contribution in [3.05, 3.63) is 53.3 Å². The number of hydrogen-bond donors (Lipinski definition) is 2. The van der Waals surface area contributed by atoms with E-state index in [-0.39, 0.29) is 0 Å². The molecule has 1 unspecified atom stereocenters. The molecule has 130 valence electrons. The summed E-state index contributed by atoms with van der Waals surface area (Å²) in [6.45, 7) is 2.54. The number of aromatic nitrogens is 2. The Morgan fingerprint density at radius 2 is 2.25 bits per heavy atom. The molecule has 5 nitrogen and oxygen atoms in total. The minimum absolute atomic E-state index is 0.325. The van der Waals surface area contributed by atoms with Crippen molar-refractivity contribution in [3.63, 3.8) is 0 Å². The first kappa shape index (κ1) is 18.7. The maximum absolute atomic E-state index is 6.09. The number of hydrogen-bond acceptors (Lipinski definition) is 3. The Hall–Kier alpha value is -1.66. The van der Waals surface area contributed by atoms with Crippen molar-refractivity contribution in [2.75, 3.05) is 26.4 Å². The molecule has 0 bridgehead atoms. The van der Waals surface area contributed by atoms with Crippen LogP contribution in [0.2, 0.25) is 5.02 Å². The van der Waals surface area contributed by atoms with Gasteiger partial charge in [0.1, 0.15) is 0 Å². The van der Waals surface area contributed by atoms with Gasteiger partial charge in [0, 0.05) is 49.3 Å². The van der Waals surface area contributed by atoms with Crippen molar-refractivity contribution in [1.29, 1.82) is 0 Å². The molecule has 1 aromatic carbocycles. The Labute approximate surface area is 152 Å². The maximum atomic E-state index is 6.09. The van der Waals surface area contributed by atoms with Gasteiger partial charge in [-0.1, -0.05) is 23.7 Å². The van der Waals surface area contributed by atoms with E-state index in [2.05, 4.69) is 33.0 Å².